The number of nitrogens with one attached hydrogen (secondary N) is 2. The maximum absolute atomic E-state index is 10.6. The summed E-state index contributed by atoms with van der Waals surface area (Å²) in [7, 11) is 0. The Morgan fingerprint density at radius 2 is 1.81 bits per heavy atom. The minimum Gasteiger partial charge on any atom is -0.491 e. The maximum Gasteiger partial charge on any atom is 0.341 e. The number of ether oxygens (including phenoxy) is 2. The summed E-state index contributed by atoms with van der Waals surface area (Å²) >= 11 is 0. The van der Waals surface area contributed by atoms with Crippen LogP contribution >= 0.6 is 0 Å². The van der Waals surface area contributed by atoms with E-state index in [0.29, 0.717) is 11.7 Å². The molecular weight excluding hydrogens is 406 g/mol. The monoisotopic (exact) mass is 439 g/mol. The number of fused-ring (bicyclic) bond motifs is 1. The lowest BCUT2D eigenvalue weighted by Gasteiger charge is -2.15. The number of rotatable bonds is 7. The number of anilines is 2. The summed E-state index contributed by atoms with van der Waals surface area (Å²) in [5.74, 6) is 1.89. The minimum atomic E-state index is -1.02. The van der Waals surface area contributed by atoms with Gasteiger partial charge >= 0.3 is 5.97 Å². The second-order valence-electron chi connectivity index (χ2n) is 8.51. The number of aromatic nitrogens is 2. The zero-order valence-corrected chi connectivity index (χ0v) is 19.1. The Labute approximate surface area is 189 Å². The molecule has 0 saturated heterocycles. The molecule has 172 valence electrons. The third-order valence-corrected chi connectivity index (χ3v) is 5.20. The highest BCUT2D eigenvalue weighted by molar-refractivity contribution is 5.80. The predicted octanol–water partition coefficient (Wildman–Crippen LogP) is 6.14. The molecule has 0 bridgehead atoms. The summed E-state index contributed by atoms with van der Waals surface area (Å²) < 4.78 is 10.8. The highest BCUT2D eigenvalue weighted by atomic mass is 16.5. The quantitative estimate of drug-likeness (QED) is 0.409. The van der Waals surface area contributed by atoms with Crippen molar-refractivity contribution in [3.63, 3.8) is 0 Å². The topological polar surface area (TPSA) is 96.5 Å². The number of nitrogens with zero attached hydrogens (tertiary/aromatic N) is 1. The van der Waals surface area contributed by atoms with Gasteiger partial charge in [0.1, 0.15) is 11.5 Å². The van der Waals surface area contributed by atoms with E-state index in [-0.39, 0.29) is 12.7 Å². The van der Waals surface area contributed by atoms with Gasteiger partial charge in [0.2, 0.25) is 5.95 Å². The van der Waals surface area contributed by atoms with Crippen LogP contribution in [0.1, 0.15) is 52.9 Å². The van der Waals surface area contributed by atoms with Crippen molar-refractivity contribution in [2.45, 2.75) is 59.0 Å². The number of carboxylic acids is 1. The van der Waals surface area contributed by atoms with Gasteiger partial charge in [0.25, 0.3) is 0 Å². The van der Waals surface area contributed by atoms with E-state index < -0.39 is 5.97 Å². The molecule has 3 N–H and O–H groups in total. The lowest BCUT2D eigenvalue weighted by atomic mass is 9.91. The summed E-state index contributed by atoms with van der Waals surface area (Å²) in [4.78, 5) is 18.1. The van der Waals surface area contributed by atoms with Crippen molar-refractivity contribution < 1.29 is 19.4 Å². The minimum absolute atomic E-state index is 0.131. The summed E-state index contributed by atoms with van der Waals surface area (Å²) in [6, 6.07) is 12.8. The lowest BCUT2D eigenvalue weighted by molar-refractivity contribution is -0.139. The van der Waals surface area contributed by atoms with Crippen molar-refractivity contribution in [3.05, 3.63) is 42.5 Å². The van der Waals surface area contributed by atoms with Crippen LogP contribution in [0.4, 0.5) is 11.6 Å². The first-order chi connectivity index (χ1) is 15.4. The normalized spacial score (nSPS) is 14.0. The number of hydrogen-bond donors (Lipinski definition) is 3. The van der Waals surface area contributed by atoms with Crippen molar-refractivity contribution in [2.24, 2.45) is 5.92 Å². The zero-order valence-electron chi connectivity index (χ0n) is 19.1. The molecule has 32 heavy (non-hydrogen) atoms. The zero-order chi connectivity index (χ0) is 22.9. The molecular formula is C25H33N3O4. The van der Waals surface area contributed by atoms with Crippen LogP contribution in [-0.4, -0.2) is 33.8 Å². The summed E-state index contributed by atoms with van der Waals surface area (Å²) in [6.45, 7) is 5.94. The van der Waals surface area contributed by atoms with Gasteiger partial charge in [-0.3, -0.25) is 0 Å². The van der Waals surface area contributed by atoms with Gasteiger partial charge in [0.15, 0.2) is 6.61 Å². The Morgan fingerprint density at radius 1 is 1.12 bits per heavy atom. The standard InChI is InChI=1S/C18H19N3O4.C7H14/c1-11(2)25-13-5-3-12(4-6-13)19-18-20-15-8-7-14(9-16(15)21-18)24-10-17(22)23;1-7-5-3-2-4-6-7/h3-9,11H,10H2,1-2H3,(H,22,23)(H2,19,20,21);7H,2-6H2,1H3. The van der Waals surface area contributed by atoms with E-state index in [1.807, 2.05) is 38.1 Å². The van der Waals surface area contributed by atoms with Crippen molar-refractivity contribution >= 4 is 28.6 Å². The Hall–Kier alpha value is -3.22. The Bertz CT molecular complexity index is 992. The second-order valence-corrected chi connectivity index (χ2v) is 8.51. The van der Waals surface area contributed by atoms with Crippen molar-refractivity contribution in [1.29, 1.82) is 0 Å². The molecule has 0 unspecified atom stereocenters. The molecule has 7 heteroatoms. The molecule has 1 aromatic heterocycles. The number of hydrogen-bond acceptors (Lipinski definition) is 5. The van der Waals surface area contributed by atoms with Crippen LogP contribution in [0.5, 0.6) is 11.5 Å². The average Bonchev–Trinajstić information content (AvgIpc) is 3.16. The molecule has 0 atom stereocenters. The largest absolute Gasteiger partial charge is 0.491 e. The van der Waals surface area contributed by atoms with Crippen LogP contribution in [0.15, 0.2) is 42.5 Å². The number of aromatic amines is 1. The van der Waals surface area contributed by atoms with Crippen LogP contribution in [0.3, 0.4) is 0 Å². The first-order valence-electron chi connectivity index (χ1n) is 11.3. The first kappa shape index (κ1) is 23.4. The van der Waals surface area contributed by atoms with Gasteiger partial charge < -0.3 is 24.9 Å². The molecule has 3 aromatic rings. The SMILES string of the molecule is CC(C)Oc1ccc(Nc2nc3ccc(OCC(=O)O)cc3[nH]2)cc1.CC1CCCCC1. The average molecular weight is 440 g/mol. The predicted molar refractivity (Wildman–Crippen MR) is 127 cm³/mol. The molecule has 1 heterocycles. The van der Waals surface area contributed by atoms with Crippen LogP contribution in [0, 0.1) is 5.92 Å². The van der Waals surface area contributed by atoms with Gasteiger partial charge in [-0.05, 0) is 56.2 Å². The molecule has 4 rings (SSSR count). The van der Waals surface area contributed by atoms with E-state index in [4.69, 9.17) is 14.6 Å². The van der Waals surface area contributed by atoms with Gasteiger partial charge in [0, 0.05) is 11.8 Å². The van der Waals surface area contributed by atoms with Crippen molar-refractivity contribution in [3.8, 4) is 11.5 Å². The molecule has 1 saturated carbocycles. The highest BCUT2D eigenvalue weighted by Gasteiger charge is 2.07. The van der Waals surface area contributed by atoms with Crippen LogP contribution < -0.4 is 14.8 Å². The number of H-pyrrole nitrogens is 1. The fourth-order valence-electron chi connectivity index (χ4n) is 3.62. The third-order valence-electron chi connectivity index (χ3n) is 5.20. The van der Waals surface area contributed by atoms with Gasteiger partial charge in [0.05, 0.1) is 17.1 Å². The number of aliphatic carboxylic acids is 1. The van der Waals surface area contributed by atoms with E-state index in [1.165, 1.54) is 32.1 Å². The number of carbonyl (C=O) groups is 1. The molecule has 2 aromatic carbocycles. The number of carboxylic acid groups (broad SMARTS) is 1. The molecule has 0 aliphatic heterocycles. The number of imidazole rings is 1. The van der Waals surface area contributed by atoms with E-state index in [9.17, 15) is 4.79 Å². The van der Waals surface area contributed by atoms with Crippen molar-refractivity contribution in [1.82, 2.24) is 9.97 Å². The molecule has 0 spiro atoms. The summed E-state index contributed by atoms with van der Waals surface area (Å²) in [5, 5.41) is 11.8. The smallest absolute Gasteiger partial charge is 0.341 e. The molecule has 0 radical (unpaired) electrons. The first-order valence-corrected chi connectivity index (χ1v) is 11.3. The molecule has 1 aliphatic rings. The lowest BCUT2D eigenvalue weighted by Crippen LogP contribution is -2.09. The Kier molecular flexibility index (Phi) is 8.36. The van der Waals surface area contributed by atoms with E-state index in [1.54, 1.807) is 18.2 Å². The maximum atomic E-state index is 10.6. The highest BCUT2D eigenvalue weighted by Crippen LogP contribution is 2.24. The fourth-order valence-corrected chi connectivity index (χ4v) is 3.62. The van der Waals surface area contributed by atoms with Gasteiger partial charge in [-0.25, -0.2) is 9.78 Å². The Balaban J connectivity index is 0.000000352. The molecule has 1 aliphatic carbocycles. The van der Waals surface area contributed by atoms with Gasteiger partial charge in [-0.15, -0.1) is 0 Å². The van der Waals surface area contributed by atoms with E-state index in [0.717, 1.165) is 28.4 Å². The molecule has 7 nitrogen and oxygen atoms in total. The van der Waals surface area contributed by atoms with Crippen LogP contribution in [0.25, 0.3) is 11.0 Å². The summed E-state index contributed by atoms with van der Waals surface area (Å²) in [5.41, 5.74) is 2.38. The van der Waals surface area contributed by atoms with E-state index >= 15 is 0 Å². The third kappa shape index (κ3) is 7.48. The number of benzene rings is 2. The second kappa shape index (κ2) is 11.4. The summed E-state index contributed by atoms with van der Waals surface area (Å²) in [6.07, 6.45) is 7.57. The van der Waals surface area contributed by atoms with E-state index in [2.05, 4.69) is 22.2 Å². The van der Waals surface area contributed by atoms with Gasteiger partial charge in [-0.1, -0.05) is 39.0 Å². The van der Waals surface area contributed by atoms with Crippen molar-refractivity contribution in [2.75, 3.05) is 11.9 Å². The molecule has 0 amide bonds. The van der Waals surface area contributed by atoms with Crippen LogP contribution in [0.2, 0.25) is 0 Å². The van der Waals surface area contributed by atoms with Gasteiger partial charge in [-0.2, -0.15) is 0 Å². The Morgan fingerprint density at radius 3 is 2.41 bits per heavy atom. The fraction of sp³-hybridized carbons (Fsp3) is 0.440. The molecule has 1 fully saturated rings. The van der Waals surface area contributed by atoms with Crippen LogP contribution in [-0.2, 0) is 4.79 Å².